The van der Waals surface area contributed by atoms with E-state index in [4.69, 9.17) is 5.73 Å². The molecule has 2 rings (SSSR count). The number of nitrogens with two attached hydrogens (primary N) is 1. The summed E-state index contributed by atoms with van der Waals surface area (Å²) < 4.78 is 0.316. The lowest BCUT2D eigenvalue weighted by Crippen LogP contribution is -2.32. The Morgan fingerprint density at radius 2 is 2.50 bits per heavy atom. The van der Waals surface area contributed by atoms with E-state index < -0.39 is 0 Å². The number of nitrogens with zero attached hydrogens (tertiary/aromatic N) is 1. The third-order valence-electron chi connectivity index (χ3n) is 2.76. The van der Waals surface area contributed by atoms with Crippen molar-refractivity contribution in [3.05, 3.63) is 11.1 Å². The molecule has 1 heterocycles. The highest BCUT2D eigenvalue weighted by Gasteiger charge is 2.41. The molecule has 1 aliphatic carbocycles. The van der Waals surface area contributed by atoms with Gasteiger partial charge in [0.25, 0.3) is 0 Å². The molecule has 0 saturated heterocycles. The van der Waals surface area contributed by atoms with Crippen molar-refractivity contribution in [2.24, 2.45) is 0 Å². The number of thioether (sulfide) groups is 1. The number of amides is 1. The van der Waals surface area contributed by atoms with E-state index in [0.717, 1.165) is 12.2 Å². The van der Waals surface area contributed by atoms with Crippen molar-refractivity contribution in [3.63, 3.8) is 0 Å². The van der Waals surface area contributed by atoms with Gasteiger partial charge in [-0.3, -0.25) is 4.79 Å². The van der Waals surface area contributed by atoms with Gasteiger partial charge in [0.05, 0.1) is 12.1 Å². The first-order valence-electron chi connectivity index (χ1n) is 5.15. The van der Waals surface area contributed by atoms with E-state index in [1.807, 2.05) is 17.1 Å². The Morgan fingerprint density at radius 3 is 3.00 bits per heavy atom. The summed E-state index contributed by atoms with van der Waals surface area (Å²) in [5.41, 5.74) is 6.26. The predicted molar refractivity (Wildman–Crippen MR) is 68.7 cm³/mol. The zero-order chi connectivity index (χ0) is 11.6. The summed E-state index contributed by atoms with van der Waals surface area (Å²) in [6.45, 7) is 0.770. The predicted octanol–water partition coefficient (Wildman–Crippen LogP) is 1.28. The van der Waals surface area contributed by atoms with E-state index >= 15 is 0 Å². The summed E-state index contributed by atoms with van der Waals surface area (Å²) >= 11 is 3.21. The largest absolute Gasteiger partial charge is 0.375 e. The first kappa shape index (κ1) is 11.7. The lowest BCUT2D eigenvalue weighted by Gasteiger charge is -2.12. The van der Waals surface area contributed by atoms with Crippen molar-refractivity contribution in [1.82, 2.24) is 10.3 Å². The molecule has 1 aliphatic rings. The molecule has 0 radical (unpaired) electrons. The fourth-order valence-electron chi connectivity index (χ4n) is 1.48. The van der Waals surface area contributed by atoms with E-state index in [1.165, 1.54) is 24.2 Å². The van der Waals surface area contributed by atoms with Gasteiger partial charge >= 0.3 is 0 Å². The van der Waals surface area contributed by atoms with Crippen molar-refractivity contribution in [2.45, 2.75) is 24.0 Å². The summed E-state index contributed by atoms with van der Waals surface area (Å²) in [4.78, 5) is 15.7. The molecule has 0 spiro atoms. The van der Waals surface area contributed by atoms with E-state index in [9.17, 15) is 4.79 Å². The summed E-state index contributed by atoms with van der Waals surface area (Å²) in [6.07, 6.45) is 4.84. The van der Waals surface area contributed by atoms with Gasteiger partial charge in [-0.2, -0.15) is 11.8 Å². The summed E-state index contributed by atoms with van der Waals surface area (Å²) in [7, 11) is 0. The van der Waals surface area contributed by atoms with Crippen molar-refractivity contribution >= 4 is 34.1 Å². The Balaban J connectivity index is 1.76. The molecule has 1 aromatic heterocycles. The maximum Gasteiger partial charge on any atom is 0.226 e. The topological polar surface area (TPSA) is 68.0 Å². The van der Waals surface area contributed by atoms with Crippen LogP contribution in [0.5, 0.6) is 0 Å². The second-order valence-corrected chi connectivity index (χ2v) is 6.18. The third kappa shape index (κ3) is 2.89. The Bertz CT molecular complexity index is 387. The number of carbonyl (C=O) groups excluding carboxylic acids is 1. The Morgan fingerprint density at radius 1 is 1.75 bits per heavy atom. The van der Waals surface area contributed by atoms with Gasteiger partial charge in [-0.25, -0.2) is 4.98 Å². The average Bonchev–Trinajstić information content (AvgIpc) is 2.95. The van der Waals surface area contributed by atoms with Crippen LogP contribution >= 0.6 is 23.1 Å². The van der Waals surface area contributed by atoms with E-state index in [1.54, 1.807) is 0 Å². The van der Waals surface area contributed by atoms with Gasteiger partial charge in [-0.05, 0) is 19.1 Å². The molecular formula is C10H15N3OS2. The lowest BCUT2D eigenvalue weighted by molar-refractivity contribution is -0.120. The van der Waals surface area contributed by atoms with Crippen LogP contribution < -0.4 is 11.1 Å². The minimum Gasteiger partial charge on any atom is -0.375 e. The molecule has 0 atom stereocenters. The van der Waals surface area contributed by atoms with E-state index in [2.05, 4.69) is 16.6 Å². The number of rotatable bonds is 5. The number of carbonyl (C=O) groups is 1. The SMILES string of the molecule is CSC1(CNC(=O)Cc2csc(N)n2)CC1. The van der Waals surface area contributed by atoms with Gasteiger partial charge in [0, 0.05) is 16.7 Å². The number of hydrogen-bond acceptors (Lipinski definition) is 5. The second kappa shape index (κ2) is 4.63. The van der Waals surface area contributed by atoms with Crippen LogP contribution in [0.25, 0.3) is 0 Å². The van der Waals surface area contributed by atoms with Crippen LogP contribution in [0.4, 0.5) is 5.13 Å². The van der Waals surface area contributed by atoms with Gasteiger partial charge in [0.1, 0.15) is 0 Å². The Kier molecular flexibility index (Phi) is 3.39. The number of thiazole rings is 1. The monoisotopic (exact) mass is 257 g/mol. The minimum atomic E-state index is 0.0330. The molecule has 1 aromatic rings. The number of anilines is 1. The van der Waals surface area contributed by atoms with Gasteiger partial charge in [0.2, 0.25) is 5.91 Å². The van der Waals surface area contributed by atoms with Crippen LogP contribution in [0, 0.1) is 0 Å². The van der Waals surface area contributed by atoms with Crippen molar-refractivity contribution in [2.75, 3.05) is 18.5 Å². The van der Waals surface area contributed by atoms with Crippen molar-refractivity contribution < 1.29 is 4.79 Å². The molecule has 88 valence electrons. The number of nitrogen functional groups attached to an aromatic ring is 1. The highest BCUT2D eigenvalue weighted by atomic mass is 32.2. The second-order valence-electron chi connectivity index (χ2n) is 4.02. The quantitative estimate of drug-likeness (QED) is 0.834. The fraction of sp³-hybridized carbons (Fsp3) is 0.600. The van der Waals surface area contributed by atoms with Gasteiger partial charge in [0.15, 0.2) is 5.13 Å². The standard InChI is InChI=1S/C10H15N3OS2/c1-15-10(2-3-10)6-12-8(14)4-7-5-16-9(11)13-7/h5H,2-4,6H2,1H3,(H2,11,13)(H,12,14). The highest BCUT2D eigenvalue weighted by Crippen LogP contribution is 2.46. The lowest BCUT2D eigenvalue weighted by atomic mass is 10.3. The zero-order valence-electron chi connectivity index (χ0n) is 9.16. The zero-order valence-corrected chi connectivity index (χ0v) is 10.8. The molecule has 0 bridgehead atoms. The number of hydrogen-bond donors (Lipinski definition) is 2. The molecule has 4 nitrogen and oxygen atoms in total. The highest BCUT2D eigenvalue weighted by molar-refractivity contribution is 8.00. The van der Waals surface area contributed by atoms with Gasteiger partial charge < -0.3 is 11.1 Å². The average molecular weight is 257 g/mol. The summed E-state index contributed by atoms with van der Waals surface area (Å²) in [6, 6.07) is 0. The Labute approximate surface area is 103 Å². The summed E-state index contributed by atoms with van der Waals surface area (Å²) in [5.74, 6) is 0.0330. The molecule has 6 heteroatoms. The maximum atomic E-state index is 11.6. The molecular weight excluding hydrogens is 242 g/mol. The Hall–Kier alpha value is -0.750. The maximum absolute atomic E-state index is 11.6. The smallest absolute Gasteiger partial charge is 0.226 e. The van der Waals surface area contributed by atoms with Crippen LogP contribution in [-0.2, 0) is 11.2 Å². The van der Waals surface area contributed by atoms with Crippen LogP contribution in [0.3, 0.4) is 0 Å². The van der Waals surface area contributed by atoms with Gasteiger partial charge in [-0.15, -0.1) is 11.3 Å². The van der Waals surface area contributed by atoms with Crippen LogP contribution in [0.1, 0.15) is 18.5 Å². The van der Waals surface area contributed by atoms with E-state index in [0.29, 0.717) is 16.3 Å². The van der Waals surface area contributed by atoms with E-state index in [-0.39, 0.29) is 5.91 Å². The van der Waals surface area contributed by atoms with Crippen LogP contribution in [-0.4, -0.2) is 28.4 Å². The van der Waals surface area contributed by atoms with Crippen molar-refractivity contribution in [1.29, 1.82) is 0 Å². The first-order chi connectivity index (χ1) is 7.63. The fourth-order valence-corrected chi connectivity index (χ4v) is 2.77. The molecule has 3 N–H and O–H groups in total. The van der Waals surface area contributed by atoms with Gasteiger partial charge in [-0.1, -0.05) is 0 Å². The summed E-state index contributed by atoms with van der Waals surface area (Å²) in [5, 5.41) is 5.31. The normalized spacial score (nSPS) is 17.1. The third-order valence-corrected chi connectivity index (χ3v) is 4.90. The molecule has 0 unspecified atom stereocenters. The molecule has 1 amide bonds. The molecule has 0 aromatic carbocycles. The number of nitrogens with one attached hydrogen (secondary N) is 1. The van der Waals surface area contributed by atoms with Crippen molar-refractivity contribution in [3.8, 4) is 0 Å². The molecule has 16 heavy (non-hydrogen) atoms. The molecule has 1 fully saturated rings. The van der Waals surface area contributed by atoms with Crippen LogP contribution in [0.2, 0.25) is 0 Å². The molecule has 0 aliphatic heterocycles. The molecule has 1 saturated carbocycles. The first-order valence-corrected chi connectivity index (χ1v) is 7.26. The number of aromatic nitrogens is 1. The minimum absolute atomic E-state index is 0.0330. The van der Waals surface area contributed by atoms with Crippen LogP contribution in [0.15, 0.2) is 5.38 Å².